The van der Waals surface area contributed by atoms with Crippen molar-refractivity contribution in [3.05, 3.63) is 32.9 Å². The summed E-state index contributed by atoms with van der Waals surface area (Å²) >= 11 is 0. The second kappa shape index (κ2) is 8.91. The number of H-pyrrole nitrogens is 1. The number of aromatic nitrogens is 2. The minimum atomic E-state index is -5.84. The number of rotatable bonds is 8. The molecule has 1 aliphatic heterocycles. The summed E-state index contributed by atoms with van der Waals surface area (Å²) in [4.78, 5) is 60.2. The van der Waals surface area contributed by atoms with Gasteiger partial charge in [0.05, 0.1) is 12.3 Å². The van der Waals surface area contributed by atoms with Crippen molar-refractivity contribution in [2.45, 2.75) is 44.1 Å². The smallest absolute Gasteiger partial charge is 0.387 e. The van der Waals surface area contributed by atoms with Gasteiger partial charge in [0.2, 0.25) is 5.82 Å². The number of nitrogens with zero attached hydrogens (tertiary/aromatic N) is 1. The predicted molar refractivity (Wildman–Crippen MR) is 95.1 cm³/mol. The zero-order valence-electron chi connectivity index (χ0n) is 15.8. The van der Waals surface area contributed by atoms with Gasteiger partial charge in [0.25, 0.3) is 5.56 Å². The van der Waals surface area contributed by atoms with E-state index in [1.165, 1.54) is 4.98 Å². The highest BCUT2D eigenvalue weighted by atomic mass is 31.3. The summed E-state index contributed by atoms with van der Waals surface area (Å²) in [6, 6.07) is 0. The Bertz CT molecular complexity index is 1130. The topological polar surface area (TPSA) is 244 Å². The number of aromatic amines is 1. The van der Waals surface area contributed by atoms with Gasteiger partial charge in [0.1, 0.15) is 12.2 Å². The molecule has 1 aliphatic rings. The van der Waals surface area contributed by atoms with Crippen molar-refractivity contribution in [2.75, 3.05) is 0 Å². The van der Waals surface area contributed by atoms with E-state index in [0.29, 0.717) is 6.20 Å². The van der Waals surface area contributed by atoms with E-state index in [1.54, 1.807) is 0 Å². The molecule has 1 aromatic rings. The number of hydrogen-bond donors (Lipinski definition) is 6. The van der Waals surface area contributed by atoms with Crippen molar-refractivity contribution < 1.29 is 65.0 Å². The molecule has 16 nitrogen and oxygen atoms in total. The van der Waals surface area contributed by atoms with Crippen LogP contribution in [-0.4, -0.2) is 58.2 Å². The molecule has 0 radical (unpaired) electrons. The third-order valence-corrected chi connectivity index (χ3v) is 7.94. The molecule has 184 valence electrons. The maximum atomic E-state index is 15.1. The highest BCUT2D eigenvalue weighted by Crippen LogP contribution is 2.66. The largest absolute Gasteiger partial charge is 0.490 e. The molecule has 1 fully saturated rings. The summed E-state index contributed by atoms with van der Waals surface area (Å²) in [6.45, 7) is 1.61. The van der Waals surface area contributed by atoms with Gasteiger partial charge in [-0.3, -0.25) is 18.9 Å². The fourth-order valence-corrected chi connectivity index (χ4v) is 5.93. The number of hydrogen-bond acceptors (Lipinski definition) is 10. The lowest BCUT2D eigenvalue weighted by Gasteiger charge is -2.26. The Kier molecular flexibility index (Phi) is 7.55. The fourth-order valence-electron chi connectivity index (χ4n) is 2.73. The predicted octanol–water partition coefficient (Wildman–Crippen LogP) is -0.606. The zero-order chi connectivity index (χ0) is 24.9. The van der Waals surface area contributed by atoms with Crippen molar-refractivity contribution in [3.63, 3.8) is 0 Å². The highest BCUT2D eigenvalue weighted by molar-refractivity contribution is 7.66. The molecule has 7 atom stereocenters. The summed E-state index contributed by atoms with van der Waals surface area (Å²) in [5.41, 5.74) is -5.60. The molecule has 0 spiro atoms. The average Bonchev–Trinajstić information content (AvgIpc) is 2.77. The first-order valence-electron chi connectivity index (χ1n) is 8.11. The molecule has 0 bridgehead atoms. The van der Waals surface area contributed by atoms with Crippen molar-refractivity contribution in [2.24, 2.45) is 0 Å². The van der Waals surface area contributed by atoms with Crippen LogP contribution >= 0.6 is 23.5 Å². The van der Waals surface area contributed by atoms with Gasteiger partial charge in [0, 0.05) is 0 Å². The summed E-state index contributed by atoms with van der Waals surface area (Å²) in [7, 11) is -17.1. The summed E-state index contributed by atoms with van der Waals surface area (Å²) in [6.07, 6.45) is -7.72. The van der Waals surface area contributed by atoms with Crippen molar-refractivity contribution in [1.29, 1.82) is 0 Å². The molecular weight excluding hydrogens is 515 g/mol. The number of nitrogens with one attached hydrogen (secondary N) is 1. The lowest BCUT2D eigenvalue weighted by molar-refractivity contribution is -0.0808. The number of phosphoric acid groups is 3. The number of ether oxygens (including phenoxy) is 1. The number of aliphatic hydroxyl groups excluding tert-OH is 1. The Morgan fingerprint density at radius 2 is 1.75 bits per heavy atom. The number of halogens is 2. The first kappa shape index (κ1) is 27.1. The SMILES string of the molecule is C[C@H](OP(=O)(O)OP(=O)(O)OP(=O)(O)O)[C@H]1O[C@@H](n2cc(F)c(=O)[nH]c2=O)[C@](C)(F)C1O. The van der Waals surface area contributed by atoms with E-state index in [2.05, 4.69) is 13.1 Å². The highest BCUT2D eigenvalue weighted by Gasteiger charge is 2.58. The fraction of sp³-hybridized carbons (Fsp3) is 0.636. The van der Waals surface area contributed by atoms with Crippen molar-refractivity contribution in [1.82, 2.24) is 9.55 Å². The molecule has 0 saturated carbocycles. The van der Waals surface area contributed by atoms with E-state index >= 15 is 4.39 Å². The molecule has 1 aromatic heterocycles. The van der Waals surface area contributed by atoms with E-state index < -0.39 is 70.7 Å². The number of phosphoric ester groups is 1. The summed E-state index contributed by atoms with van der Waals surface area (Å²) in [5.74, 6) is -1.50. The Hall–Kier alpha value is -1.13. The standard InChI is InChI=1S/C11H17F2N2O14P3/c1-4(27-31(22,23)29-32(24,25)28-30(19,20)21)6-7(16)11(2,13)9(26-6)15-3-5(12)8(17)14-10(15)18/h3-4,6-7,9,16H,1-2H3,(H,22,23)(H,24,25)(H,14,17,18)(H2,19,20,21)/t4-,6+,7?,9+,11+/m0/s1. The van der Waals surface area contributed by atoms with Crippen LogP contribution in [0.3, 0.4) is 0 Å². The molecule has 3 unspecified atom stereocenters. The quantitative estimate of drug-likeness (QED) is 0.229. The molecule has 0 aliphatic carbocycles. The Morgan fingerprint density at radius 3 is 2.28 bits per heavy atom. The summed E-state index contributed by atoms with van der Waals surface area (Å²) < 4.78 is 79.4. The Morgan fingerprint density at radius 1 is 1.19 bits per heavy atom. The van der Waals surface area contributed by atoms with Crippen LogP contribution in [0.4, 0.5) is 8.78 Å². The maximum Gasteiger partial charge on any atom is 0.490 e. The van der Waals surface area contributed by atoms with Crippen LogP contribution in [0.15, 0.2) is 15.8 Å². The number of aliphatic hydroxyl groups is 1. The van der Waals surface area contributed by atoms with Gasteiger partial charge in [-0.2, -0.15) is 13.0 Å². The first-order valence-corrected chi connectivity index (χ1v) is 12.6. The molecule has 0 amide bonds. The minimum absolute atomic E-state index is 0.261. The zero-order valence-corrected chi connectivity index (χ0v) is 18.5. The van der Waals surface area contributed by atoms with Gasteiger partial charge < -0.3 is 29.4 Å². The van der Waals surface area contributed by atoms with Crippen LogP contribution < -0.4 is 11.2 Å². The second-order valence-corrected chi connectivity index (χ2v) is 11.0. The minimum Gasteiger partial charge on any atom is -0.387 e. The van der Waals surface area contributed by atoms with E-state index in [9.17, 15) is 37.7 Å². The van der Waals surface area contributed by atoms with E-state index in [4.69, 9.17) is 19.4 Å². The van der Waals surface area contributed by atoms with Crippen molar-refractivity contribution in [3.8, 4) is 0 Å². The van der Waals surface area contributed by atoms with E-state index in [0.717, 1.165) is 13.8 Å². The van der Waals surface area contributed by atoms with Crippen molar-refractivity contribution >= 4 is 23.5 Å². The summed E-state index contributed by atoms with van der Waals surface area (Å²) in [5, 5.41) is 10.2. The van der Waals surface area contributed by atoms with Gasteiger partial charge in [-0.15, -0.1) is 0 Å². The van der Waals surface area contributed by atoms with Gasteiger partial charge >= 0.3 is 29.2 Å². The molecule has 21 heteroatoms. The van der Waals surface area contributed by atoms with Crippen LogP contribution in [0.2, 0.25) is 0 Å². The Balaban J connectivity index is 2.25. The van der Waals surface area contributed by atoms with Gasteiger partial charge in [-0.05, 0) is 13.8 Å². The number of alkyl halides is 1. The molecule has 2 heterocycles. The van der Waals surface area contributed by atoms with Crippen LogP contribution in [0.1, 0.15) is 20.1 Å². The first-order chi connectivity index (χ1) is 14.3. The third-order valence-electron chi connectivity index (χ3n) is 4.01. The molecule has 2 rings (SSSR count). The Labute approximate surface area is 175 Å². The van der Waals surface area contributed by atoms with Gasteiger partial charge in [-0.25, -0.2) is 22.9 Å². The lowest BCUT2D eigenvalue weighted by Crippen LogP contribution is -2.45. The second-order valence-electron chi connectivity index (χ2n) is 6.59. The third kappa shape index (κ3) is 6.26. The molecule has 6 N–H and O–H groups in total. The van der Waals surface area contributed by atoms with Crippen LogP contribution in [0.25, 0.3) is 0 Å². The average molecular weight is 532 g/mol. The van der Waals surface area contributed by atoms with Gasteiger partial charge in [-0.1, -0.05) is 0 Å². The van der Waals surface area contributed by atoms with Crippen LogP contribution in [0, 0.1) is 5.82 Å². The maximum absolute atomic E-state index is 15.1. The molecule has 32 heavy (non-hydrogen) atoms. The van der Waals surface area contributed by atoms with Crippen LogP contribution in [-0.2, 0) is 31.6 Å². The van der Waals surface area contributed by atoms with Crippen LogP contribution in [0.5, 0.6) is 0 Å². The molecule has 1 saturated heterocycles. The molecular formula is C11H17F2N2O14P3. The van der Waals surface area contributed by atoms with E-state index in [-0.39, 0.29) is 4.57 Å². The van der Waals surface area contributed by atoms with Gasteiger partial charge in [0.15, 0.2) is 11.9 Å². The lowest BCUT2D eigenvalue weighted by atomic mass is 9.96. The normalized spacial score (nSPS) is 31.1. The monoisotopic (exact) mass is 532 g/mol. The molecule has 0 aromatic carbocycles. The van der Waals surface area contributed by atoms with E-state index in [1.807, 2.05) is 0 Å².